The Bertz CT molecular complexity index is 776. The molecule has 5 heteroatoms. The van der Waals surface area contributed by atoms with Crippen molar-refractivity contribution in [1.29, 1.82) is 0 Å². The van der Waals surface area contributed by atoms with Crippen molar-refractivity contribution in [2.24, 2.45) is 0 Å². The second kappa shape index (κ2) is 8.13. The third-order valence-electron chi connectivity index (χ3n) is 4.67. The molecule has 2 N–H and O–H groups in total. The summed E-state index contributed by atoms with van der Waals surface area (Å²) in [5, 5.41) is 12.1. The maximum absolute atomic E-state index is 12.5. The number of hydrogen-bond acceptors (Lipinski definition) is 3. The van der Waals surface area contributed by atoms with Crippen LogP contribution in [-0.4, -0.2) is 35.6 Å². The van der Waals surface area contributed by atoms with Crippen molar-refractivity contribution in [3.8, 4) is 0 Å². The molecule has 0 aromatic heterocycles. The highest BCUT2D eigenvalue weighted by Crippen LogP contribution is 2.24. The van der Waals surface area contributed by atoms with E-state index in [-0.39, 0.29) is 12.5 Å². The average molecular weight is 403 g/mol. The van der Waals surface area contributed by atoms with Gasteiger partial charge in [-0.15, -0.1) is 0 Å². The molecular weight excluding hydrogens is 380 g/mol. The van der Waals surface area contributed by atoms with E-state index in [2.05, 4.69) is 39.1 Å². The monoisotopic (exact) mass is 402 g/mol. The number of aliphatic hydroxyl groups excluding tert-OH is 1. The van der Waals surface area contributed by atoms with Crippen LogP contribution < -0.4 is 5.32 Å². The lowest BCUT2D eigenvalue weighted by atomic mass is 9.99. The minimum absolute atomic E-state index is 0.105. The summed E-state index contributed by atoms with van der Waals surface area (Å²) < 4.78 is 0.965. The Morgan fingerprint density at radius 1 is 1.24 bits per heavy atom. The van der Waals surface area contributed by atoms with Gasteiger partial charge in [0.15, 0.2) is 0 Å². The molecule has 0 spiro atoms. The van der Waals surface area contributed by atoms with Gasteiger partial charge in [0.2, 0.25) is 0 Å². The van der Waals surface area contributed by atoms with Crippen molar-refractivity contribution in [3.63, 3.8) is 0 Å². The molecular formula is C20H23BrN2O2. The second-order valence-electron chi connectivity index (χ2n) is 6.35. The van der Waals surface area contributed by atoms with Crippen LogP contribution in [0.1, 0.15) is 34.0 Å². The van der Waals surface area contributed by atoms with Crippen molar-refractivity contribution >= 4 is 27.5 Å². The quantitative estimate of drug-likeness (QED) is 0.802. The largest absolute Gasteiger partial charge is 0.395 e. The van der Waals surface area contributed by atoms with Gasteiger partial charge < -0.3 is 10.4 Å². The van der Waals surface area contributed by atoms with Crippen LogP contribution in [0.25, 0.3) is 0 Å². The molecule has 0 fully saturated rings. The zero-order valence-electron chi connectivity index (χ0n) is 14.4. The fourth-order valence-electron chi connectivity index (χ4n) is 3.20. The Labute approximate surface area is 157 Å². The number of rotatable bonds is 5. The normalized spacial score (nSPS) is 14.2. The number of hydrogen-bond donors (Lipinski definition) is 2. The average Bonchev–Trinajstić information content (AvgIpc) is 2.61. The van der Waals surface area contributed by atoms with Crippen molar-refractivity contribution in [2.45, 2.75) is 26.3 Å². The molecule has 1 amide bonds. The summed E-state index contributed by atoms with van der Waals surface area (Å²) in [6.45, 7) is 4.74. The van der Waals surface area contributed by atoms with Gasteiger partial charge in [0.25, 0.3) is 5.91 Å². The molecule has 1 aliphatic heterocycles. The van der Waals surface area contributed by atoms with Gasteiger partial charge in [-0.05, 0) is 53.8 Å². The molecule has 0 atom stereocenters. The first-order chi connectivity index (χ1) is 12.1. The molecule has 0 aliphatic carbocycles. The number of β-amino-alcohol motifs (C(OH)–C–C–N with tert-alkyl or cyclic N) is 1. The number of aryl methyl sites for hydroxylation is 1. The summed E-state index contributed by atoms with van der Waals surface area (Å²) in [7, 11) is 0. The number of carbonyl (C=O) groups excluding carboxylic acids is 1. The molecule has 0 radical (unpaired) electrons. The first-order valence-corrected chi connectivity index (χ1v) is 9.44. The fraction of sp³-hybridized carbons (Fsp3) is 0.350. The Balaban J connectivity index is 1.74. The minimum atomic E-state index is -0.105. The van der Waals surface area contributed by atoms with Crippen LogP contribution in [-0.2, 0) is 19.4 Å². The molecule has 1 aliphatic rings. The van der Waals surface area contributed by atoms with Gasteiger partial charge in [-0.1, -0.05) is 35.0 Å². The lowest BCUT2D eigenvalue weighted by Crippen LogP contribution is -2.32. The molecule has 3 rings (SSSR count). The first kappa shape index (κ1) is 18.1. The number of nitrogens with one attached hydrogen (secondary N) is 1. The van der Waals surface area contributed by atoms with E-state index in [1.807, 2.05) is 30.3 Å². The van der Waals surface area contributed by atoms with E-state index in [1.165, 1.54) is 16.7 Å². The summed E-state index contributed by atoms with van der Waals surface area (Å²) in [6.07, 6.45) is 1.91. The maximum atomic E-state index is 12.5. The predicted octanol–water partition coefficient (Wildman–Crippen LogP) is 3.61. The van der Waals surface area contributed by atoms with Gasteiger partial charge in [0.05, 0.1) is 6.61 Å². The third-order valence-corrected chi connectivity index (χ3v) is 5.41. The molecule has 2 aromatic carbocycles. The fourth-order valence-corrected chi connectivity index (χ4v) is 3.86. The molecule has 0 saturated carbocycles. The van der Waals surface area contributed by atoms with Crippen molar-refractivity contribution in [1.82, 2.24) is 4.90 Å². The van der Waals surface area contributed by atoms with Crippen LogP contribution in [0.3, 0.4) is 0 Å². The summed E-state index contributed by atoms with van der Waals surface area (Å²) in [5.74, 6) is -0.105. The minimum Gasteiger partial charge on any atom is -0.395 e. The van der Waals surface area contributed by atoms with E-state index < -0.39 is 0 Å². The zero-order chi connectivity index (χ0) is 17.8. The second-order valence-corrected chi connectivity index (χ2v) is 7.20. The highest BCUT2D eigenvalue weighted by molar-refractivity contribution is 9.10. The number of nitrogens with zero attached hydrogens (tertiary/aromatic N) is 1. The third kappa shape index (κ3) is 4.29. The van der Waals surface area contributed by atoms with E-state index in [4.69, 9.17) is 5.11 Å². The topological polar surface area (TPSA) is 52.6 Å². The smallest absolute Gasteiger partial charge is 0.255 e. The number of carbonyl (C=O) groups is 1. The van der Waals surface area contributed by atoms with Crippen LogP contribution in [0.15, 0.2) is 40.9 Å². The van der Waals surface area contributed by atoms with E-state index in [0.717, 1.165) is 36.1 Å². The number of amides is 1. The van der Waals surface area contributed by atoms with E-state index in [1.54, 1.807) is 0 Å². The summed E-state index contributed by atoms with van der Waals surface area (Å²) in [4.78, 5) is 14.8. The number of benzene rings is 2. The van der Waals surface area contributed by atoms with Crippen LogP contribution in [0, 0.1) is 0 Å². The van der Waals surface area contributed by atoms with E-state index in [9.17, 15) is 4.79 Å². The Morgan fingerprint density at radius 3 is 2.80 bits per heavy atom. The lowest BCUT2D eigenvalue weighted by molar-refractivity contribution is 0.102. The van der Waals surface area contributed by atoms with Crippen molar-refractivity contribution in [2.75, 3.05) is 25.0 Å². The Morgan fingerprint density at radius 2 is 2.08 bits per heavy atom. The number of fused-ring (bicyclic) bond motifs is 1. The summed E-state index contributed by atoms with van der Waals surface area (Å²) in [5.41, 5.74) is 5.19. The van der Waals surface area contributed by atoms with E-state index >= 15 is 0 Å². The number of aliphatic hydroxyl groups is 1. The SMILES string of the molecule is CCc1ccc(C(=O)Nc2ccc3c(c2)CN(CCO)CC3)cc1Br. The van der Waals surface area contributed by atoms with Gasteiger partial charge in [-0.2, -0.15) is 0 Å². The molecule has 1 heterocycles. The number of anilines is 1. The highest BCUT2D eigenvalue weighted by Gasteiger charge is 2.17. The predicted molar refractivity (Wildman–Crippen MR) is 104 cm³/mol. The first-order valence-electron chi connectivity index (χ1n) is 8.65. The van der Waals surface area contributed by atoms with Gasteiger partial charge >= 0.3 is 0 Å². The molecule has 2 aromatic rings. The standard InChI is InChI=1S/C20H23BrN2O2/c1-2-14-3-4-16(12-19(14)21)20(25)22-18-6-5-15-7-8-23(9-10-24)13-17(15)11-18/h3-6,11-12,24H,2,7-10,13H2,1H3,(H,22,25). The molecule has 25 heavy (non-hydrogen) atoms. The van der Waals surface area contributed by atoms with Crippen LogP contribution in [0.5, 0.6) is 0 Å². The Hall–Kier alpha value is -1.69. The molecule has 0 unspecified atom stereocenters. The maximum Gasteiger partial charge on any atom is 0.255 e. The Kier molecular flexibility index (Phi) is 5.89. The number of halogens is 1. The molecule has 0 bridgehead atoms. The lowest BCUT2D eigenvalue weighted by Gasteiger charge is -2.28. The zero-order valence-corrected chi connectivity index (χ0v) is 16.0. The van der Waals surface area contributed by atoms with Gasteiger partial charge in [0.1, 0.15) is 0 Å². The van der Waals surface area contributed by atoms with Crippen molar-refractivity contribution in [3.05, 3.63) is 63.1 Å². The van der Waals surface area contributed by atoms with Crippen LogP contribution in [0.4, 0.5) is 5.69 Å². The molecule has 132 valence electrons. The summed E-state index contributed by atoms with van der Waals surface area (Å²) >= 11 is 3.53. The van der Waals surface area contributed by atoms with Gasteiger partial charge in [-0.25, -0.2) is 0 Å². The van der Waals surface area contributed by atoms with Crippen molar-refractivity contribution < 1.29 is 9.90 Å². The summed E-state index contributed by atoms with van der Waals surface area (Å²) in [6, 6.07) is 11.8. The molecule has 4 nitrogen and oxygen atoms in total. The van der Waals surface area contributed by atoms with Crippen LogP contribution in [0.2, 0.25) is 0 Å². The van der Waals surface area contributed by atoms with E-state index in [0.29, 0.717) is 12.1 Å². The van der Waals surface area contributed by atoms with Gasteiger partial charge in [-0.3, -0.25) is 9.69 Å². The molecule has 0 saturated heterocycles. The van der Waals surface area contributed by atoms with Crippen LogP contribution >= 0.6 is 15.9 Å². The van der Waals surface area contributed by atoms with Gasteiger partial charge in [0, 0.05) is 35.4 Å². The highest BCUT2D eigenvalue weighted by atomic mass is 79.9.